The first-order chi connectivity index (χ1) is 10.1. The molecule has 5 nitrogen and oxygen atoms in total. The molecule has 0 spiro atoms. The number of rotatable bonds is 2. The molecular weight excluding hydrogens is 273 g/mol. The molecule has 0 aliphatic rings. The Labute approximate surface area is 119 Å². The minimum absolute atomic E-state index is 0.220. The molecule has 0 atom stereocenters. The van der Waals surface area contributed by atoms with Crippen LogP contribution in [0.15, 0.2) is 42.9 Å². The van der Waals surface area contributed by atoms with Crippen molar-refractivity contribution in [3.05, 3.63) is 54.4 Å². The van der Waals surface area contributed by atoms with Crippen LogP contribution in [-0.2, 0) is 4.74 Å². The number of nitrogen functional groups attached to an aromatic ring is 1. The number of carbonyl (C=O) groups excluding carboxylic acids is 1. The average Bonchev–Trinajstić information content (AvgIpc) is 2.92. The minimum atomic E-state index is -0.514. The third-order valence-electron chi connectivity index (χ3n) is 3.21. The Hall–Kier alpha value is -2.89. The largest absolute Gasteiger partial charge is 0.464 e. The first kappa shape index (κ1) is 13.1. The van der Waals surface area contributed by atoms with Crippen molar-refractivity contribution in [2.75, 3.05) is 12.8 Å². The van der Waals surface area contributed by atoms with Gasteiger partial charge in [0.2, 0.25) is 0 Å². The zero-order chi connectivity index (χ0) is 15.0. The molecule has 0 radical (unpaired) electrons. The number of nitrogens with two attached hydrogens (primary N) is 1. The highest BCUT2D eigenvalue weighted by Gasteiger charge is 2.14. The Balaban J connectivity index is 2.14. The molecule has 6 heteroatoms. The molecule has 3 aromatic rings. The summed E-state index contributed by atoms with van der Waals surface area (Å²) in [6.07, 6.45) is 3.17. The Morgan fingerprint density at radius 2 is 2.14 bits per heavy atom. The van der Waals surface area contributed by atoms with E-state index in [9.17, 15) is 9.18 Å². The third-order valence-corrected chi connectivity index (χ3v) is 3.21. The Morgan fingerprint density at radius 3 is 2.90 bits per heavy atom. The lowest BCUT2D eigenvalue weighted by Crippen LogP contribution is -2.02. The number of halogens is 1. The van der Waals surface area contributed by atoms with Crippen LogP contribution in [0.3, 0.4) is 0 Å². The van der Waals surface area contributed by atoms with Gasteiger partial charge in [-0.2, -0.15) is 0 Å². The summed E-state index contributed by atoms with van der Waals surface area (Å²) in [4.78, 5) is 15.6. The van der Waals surface area contributed by atoms with Gasteiger partial charge in [-0.15, -0.1) is 0 Å². The number of hydrogen-bond donors (Lipinski definition) is 1. The van der Waals surface area contributed by atoms with E-state index >= 15 is 0 Å². The predicted octanol–water partition coefficient (Wildman–Crippen LogP) is 2.51. The molecule has 106 valence electrons. The summed E-state index contributed by atoms with van der Waals surface area (Å²) < 4.78 is 20.2. The number of nitrogens with zero attached hydrogens (tertiary/aromatic N) is 2. The van der Waals surface area contributed by atoms with Crippen LogP contribution in [0, 0.1) is 5.82 Å². The Kier molecular flexibility index (Phi) is 3.06. The molecule has 0 saturated heterocycles. The lowest BCUT2D eigenvalue weighted by molar-refractivity contribution is 0.0597. The van der Waals surface area contributed by atoms with E-state index in [-0.39, 0.29) is 11.5 Å². The smallest absolute Gasteiger partial charge is 0.358 e. The fraction of sp³-hybridized carbons (Fsp3) is 0.0667. The van der Waals surface area contributed by atoms with Crippen molar-refractivity contribution in [2.24, 2.45) is 0 Å². The van der Waals surface area contributed by atoms with Gasteiger partial charge in [0.15, 0.2) is 5.69 Å². The number of aromatic nitrogens is 2. The monoisotopic (exact) mass is 285 g/mol. The molecule has 2 aromatic heterocycles. The van der Waals surface area contributed by atoms with Gasteiger partial charge in [-0.25, -0.2) is 14.2 Å². The lowest BCUT2D eigenvalue weighted by Gasteiger charge is -2.06. The van der Waals surface area contributed by atoms with Gasteiger partial charge in [0, 0.05) is 23.0 Å². The van der Waals surface area contributed by atoms with Crippen LogP contribution in [0.5, 0.6) is 0 Å². The van der Waals surface area contributed by atoms with Crippen LogP contribution in [0.4, 0.5) is 10.1 Å². The van der Waals surface area contributed by atoms with Gasteiger partial charge in [-0.3, -0.25) is 0 Å². The van der Waals surface area contributed by atoms with Crippen LogP contribution >= 0.6 is 0 Å². The molecule has 3 rings (SSSR count). The van der Waals surface area contributed by atoms with Gasteiger partial charge in [-0.1, -0.05) is 6.07 Å². The van der Waals surface area contributed by atoms with Gasteiger partial charge in [0.1, 0.15) is 12.1 Å². The van der Waals surface area contributed by atoms with E-state index in [1.54, 1.807) is 28.8 Å². The normalized spacial score (nSPS) is 10.8. The number of pyridine rings is 1. The van der Waals surface area contributed by atoms with Crippen molar-refractivity contribution in [2.45, 2.75) is 0 Å². The Morgan fingerprint density at radius 1 is 1.33 bits per heavy atom. The van der Waals surface area contributed by atoms with Crippen LogP contribution in [-0.4, -0.2) is 22.5 Å². The molecule has 0 fully saturated rings. The van der Waals surface area contributed by atoms with Crippen molar-refractivity contribution >= 4 is 17.2 Å². The number of imidazole rings is 1. The summed E-state index contributed by atoms with van der Waals surface area (Å²) >= 11 is 0. The van der Waals surface area contributed by atoms with E-state index < -0.39 is 5.97 Å². The molecule has 21 heavy (non-hydrogen) atoms. The number of esters is 1. The fourth-order valence-electron chi connectivity index (χ4n) is 2.18. The number of methoxy groups -OCH3 is 1. The van der Waals surface area contributed by atoms with Gasteiger partial charge in [0.25, 0.3) is 0 Å². The zero-order valence-electron chi connectivity index (χ0n) is 11.2. The second-order valence-corrected chi connectivity index (χ2v) is 4.53. The number of ether oxygens (including phenoxy) is 1. The molecule has 2 N–H and O–H groups in total. The second-order valence-electron chi connectivity index (χ2n) is 4.53. The summed E-state index contributed by atoms with van der Waals surface area (Å²) in [7, 11) is 1.30. The van der Waals surface area contributed by atoms with Crippen molar-refractivity contribution in [1.82, 2.24) is 9.38 Å². The zero-order valence-corrected chi connectivity index (χ0v) is 11.2. The summed E-state index contributed by atoms with van der Waals surface area (Å²) in [6, 6.07) is 7.79. The van der Waals surface area contributed by atoms with E-state index in [1.807, 2.05) is 0 Å². The molecule has 1 aromatic carbocycles. The highest BCUT2D eigenvalue weighted by Crippen LogP contribution is 2.26. The number of carbonyl (C=O) groups is 1. The fourth-order valence-corrected chi connectivity index (χ4v) is 2.18. The first-order valence-electron chi connectivity index (χ1n) is 6.20. The van der Waals surface area contributed by atoms with E-state index in [0.717, 1.165) is 0 Å². The van der Waals surface area contributed by atoms with E-state index in [0.29, 0.717) is 22.3 Å². The second kappa shape index (κ2) is 4.90. The summed E-state index contributed by atoms with van der Waals surface area (Å²) in [6.45, 7) is 0. The number of fused-ring (bicyclic) bond motifs is 1. The third kappa shape index (κ3) is 2.20. The minimum Gasteiger partial charge on any atom is -0.464 e. The topological polar surface area (TPSA) is 69.6 Å². The molecule has 0 bridgehead atoms. The van der Waals surface area contributed by atoms with Gasteiger partial charge in [-0.05, 0) is 24.3 Å². The maximum atomic E-state index is 13.9. The molecule has 0 amide bonds. The quantitative estimate of drug-likeness (QED) is 0.580. The SMILES string of the molecule is COC(=O)c1ncn2cc(-c3cc(N)ccc3F)ccc12. The molecule has 0 unspecified atom stereocenters. The van der Waals surface area contributed by atoms with Gasteiger partial charge >= 0.3 is 5.97 Å². The Bertz CT molecular complexity index is 842. The van der Waals surface area contributed by atoms with Crippen LogP contribution in [0.2, 0.25) is 0 Å². The van der Waals surface area contributed by atoms with Gasteiger partial charge < -0.3 is 14.9 Å². The van der Waals surface area contributed by atoms with Crippen molar-refractivity contribution in [3.8, 4) is 11.1 Å². The number of hydrogen-bond acceptors (Lipinski definition) is 4. The standard InChI is InChI=1S/C15H12FN3O2/c1-21-15(20)14-13-5-2-9(7-19(13)8-18-14)11-6-10(17)3-4-12(11)16/h2-8H,17H2,1H3. The van der Waals surface area contributed by atoms with Crippen LogP contribution in [0.25, 0.3) is 16.6 Å². The maximum Gasteiger partial charge on any atom is 0.358 e. The van der Waals surface area contributed by atoms with Crippen molar-refractivity contribution in [1.29, 1.82) is 0 Å². The lowest BCUT2D eigenvalue weighted by atomic mass is 10.1. The molecule has 0 aliphatic heterocycles. The molecular formula is C15H12FN3O2. The van der Waals surface area contributed by atoms with Crippen LogP contribution < -0.4 is 5.73 Å². The summed E-state index contributed by atoms with van der Waals surface area (Å²) in [5.41, 5.74) is 8.02. The maximum absolute atomic E-state index is 13.9. The first-order valence-corrected chi connectivity index (χ1v) is 6.20. The van der Waals surface area contributed by atoms with Crippen molar-refractivity contribution in [3.63, 3.8) is 0 Å². The molecule has 0 saturated carbocycles. The highest BCUT2D eigenvalue weighted by molar-refractivity contribution is 5.95. The molecule has 2 heterocycles. The predicted molar refractivity (Wildman–Crippen MR) is 76.3 cm³/mol. The van der Waals surface area contributed by atoms with Crippen LogP contribution in [0.1, 0.15) is 10.5 Å². The summed E-state index contributed by atoms with van der Waals surface area (Å²) in [5, 5.41) is 0. The number of anilines is 1. The average molecular weight is 285 g/mol. The molecule has 0 aliphatic carbocycles. The summed E-state index contributed by atoms with van der Waals surface area (Å²) in [5.74, 6) is -0.878. The van der Waals surface area contributed by atoms with Crippen molar-refractivity contribution < 1.29 is 13.9 Å². The van der Waals surface area contributed by atoms with E-state index in [1.165, 1.54) is 25.6 Å². The number of benzene rings is 1. The van der Waals surface area contributed by atoms with E-state index in [2.05, 4.69) is 9.72 Å². The highest BCUT2D eigenvalue weighted by atomic mass is 19.1. The van der Waals surface area contributed by atoms with Gasteiger partial charge in [0.05, 0.1) is 12.6 Å². The van der Waals surface area contributed by atoms with E-state index in [4.69, 9.17) is 5.73 Å².